The first-order valence-corrected chi connectivity index (χ1v) is 12.5. The molecule has 1 fully saturated rings. The molecule has 2 atom stereocenters. The zero-order valence-electron chi connectivity index (χ0n) is 22.2. The van der Waals surface area contributed by atoms with Crippen LogP contribution in [0.3, 0.4) is 0 Å². The number of hydrogen-bond acceptors (Lipinski definition) is 6. The standard InChI is InChI=1S/C27H29F6N3O4/c1-15-9-17(13-25(2,3)12-15)36-21-11-22(39-14-26(28,29)30)19(23(37)38-4)10-20(21)35-24(36)34-16-5-7-18(8-6-16)40-27(31,32)33/h5-8,10-11,15,17H,9,12-14H2,1-4H3,(H,34,35). The summed E-state index contributed by atoms with van der Waals surface area (Å²) in [5.74, 6) is -0.966. The Kier molecular flexibility index (Phi) is 7.88. The molecule has 2 aromatic carbocycles. The molecule has 0 bridgehead atoms. The lowest BCUT2D eigenvalue weighted by molar-refractivity contribution is -0.274. The minimum atomic E-state index is -4.84. The molecule has 1 aliphatic carbocycles. The molecule has 13 heteroatoms. The number of hydrogen-bond donors (Lipinski definition) is 1. The molecule has 1 aliphatic rings. The molecule has 0 spiro atoms. The number of aromatic nitrogens is 2. The highest BCUT2D eigenvalue weighted by atomic mass is 19.4. The fourth-order valence-electron chi connectivity index (χ4n) is 5.49. The zero-order valence-corrected chi connectivity index (χ0v) is 22.2. The second-order valence-corrected chi connectivity index (χ2v) is 10.8. The number of imidazole rings is 1. The van der Waals surface area contributed by atoms with E-state index in [2.05, 4.69) is 35.8 Å². The average Bonchev–Trinajstić information content (AvgIpc) is 3.16. The maximum Gasteiger partial charge on any atom is 0.573 e. The summed E-state index contributed by atoms with van der Waals surface area (Å²) >= 11 is 0. The number of carbonyl (C=O) groups is 1. The van der Waals surface area contributed by atoms with E-state index in [1.807, 2.05) is 4.57 Å². The zero-order chi connectivity index (χ0) is 29.5. The molecule has 1 saturated carbocycles. The van der Waals surface area contributed by atoms with E-state index in [-0.39, 0.29) is 22.8 Å². The summed E-state index contributed by atoms with van der Waals surface area (Å²) in [5, 5.41) is 3.11. The van der Waals surface area contributed by atoms with Crippen LogP contribution in [-0.2, 0) is 4.74 Å². The van der Waals surface area contributed by atoms with Crippen LogP contribution in [0, 0.1) is 11.3 Å². The quantitative estimate of drug-likeness (QED) is 0.230. The molecule has 7 nitrogen and oxygen atoms in total. The fraction of sp³-hybridized carbons (Fsp3) is 0.481. The molecule has 40 heavy (non-hydrogen) atoms. The molecule has 0 aliphatic heterocycles. The van der Waals surface area contributed by atoms with Gasteiger partial charge in [-0.05, 0) is 60.9 Å². The summed E-state index contributed by atoms with van der Waals surface area (Å²) in [5.41, 5.74) is 0.862. The van der Waals surface area contributed by atoms with E-state index in [9.17, 15) is 31.1 Å². The number of nitrogens with zero attached hydrogens (tertiary/aromatic N) is 2. The topological polar surface area (TPSA) is 74.6 Å². The van der Waals surface area contributed by atoms with E-state index in [0.717, 1.165) is 38.5 Å². The van der Waals surface area contributed by atoms with E-state index < -0.39 is 30.9 Å². The van der Waals surface area contributed by atoms with Gasteiger partial charge in [0.15, 0.2) is 6.61 Å². The Morgan fingerprint density at radius 2 is 1.77 bits per heavy atom. The Bertz CT molecular complexity index is 1370. The van der Waals surface area contributed by atoms with Crippen LogP contribution in [0.25, 0.3) is 11.0 Å². The van der Waals surface area contributed by atoms with Crippen molar-refractivity contribution in [1.29, 1.82) is 0 Å². The van der Waals surface area contributed by atoms with Gasteiger partial charge < -0.3 is 24.1 Å². The van der Waals surface area contributed by atoms with Crippen LogP contribution in [0.4, 0.5) is 38.0 Å². The van der Waals surface area contributed by atoms with Crippen molar-refractivity contribution in [3.05, 3.63) is 42.0 Å². The van der Waals surface area contributed by atoms with Gasteiger partial charge >= 0.3 is 18.5 Å². The Hall–Kier alpha value is -3.64. The maximum absolute atomic E-state index is 13.0. The van der Waals surface area contributed by atoms with Gasteiger partial charge in [0.1, 0.15) is 17.1 Å². The number of nitrogens with one attached hydrogen (secondary N) is 1. The third-order valence-electron chi connectivity index (χ3n) is 6.66. The lowest BCUT2D eigenvalue weighted by Gasteiger charge is -2.40. The largest absolute Gasteiger partial charge is 0.573 e. The predicted octanol–water partition coefficient (Wildman–Crippen LogP) is 7.79. The van der Waals surface area contributed by atoms with Crippen LogP contribution in [-0.4, -0.2) is 41.8 Å². The van der Waals surface area contributed by atoms with E-state index in [1.54, 1.807) is 0 Å². The molecule has 1 heterocycles. The minimum Gasteiger partial charge on any atom is -0.483 e. The molecule has 0 amide bonds. The van der Waals surface area contributed by atoms with Gasteiger partial charge in [0, 0.05) is 17.8 Å². The number of alkyl halides is 6. The summed E-state index contributed by atoms with van der Waals surface area (Å²) in [4.78, 5) is 17.0. The average molecular weight is 574 g/mol. The van der Waals surface area contributed by atoms with Crippen molar-refractivity contribution in [3.8, 4) is 11.5 Å². The summed E-state index contributed by atoms with van der Waals surface area (Å²) in [7, 11) is 1.10. The number of methoxy groups -OCH3 is 1. The first kappa shape index (κ1) is 29.3. The van der Waals surface area contributed by atoms with Crippen LogP contribution < -0.4 is 14.8 Å². The van der Waals surface area contributed by atoms with Crippen molar-refractivity contribution in [2.45, 2.75) is 58.6 Å². The number of benzene rings is 2. The number of rotatable bonds is 7. The van der Waals surface area contributed by atoms with Crippen LogP contribution in [0.1, 0.15) is 56.4 Å². The molecule has 1 aromatic heterocycles. The smallest absolute Gasteiger partial charge is 0.483 e. The molecule has 2 unspecified atom stereocenters. The number of esters is 1. The Morgan fingerprint density at radius 3 is 2.35 bits per heavy atom. The number of ether oxygens (including phenoxy) is 3. The van der Waals surface area contributed by atoms with Gasteiger partial charge in [-0.3, -0.25) is 0 Å². The lowest BCUT2D eigenvalue weighted by atomic mass is 9.70. The second kappa shape index (κ2) is 10.7. The fourth-order valence-corrected chi connectivity index (χ4v) is 5.49. The maximum atomic E-state index is 13.0. The van der Waals surface area contributed by atoms with Gasteiger partial charge in [0.2, 0.25) is 5.95 Å². The van der Waals surface area contributed by atoms with Crippen molar-refractivity contribution >= 4 is 28.6 Å². The highest BCUT2D eigenvalue weighted by molar-refractivity contribution is 5.97. The SMILES string of the molecule is COC(=O)c1cc2nc(Nc3ccc(OC(F)(F)F)cc3)n(C3CC(C)CC(C)(C)C3)c2cc1OCC(F)(F)F. The van der Waals surface area contributed by atoms with E-state index in [4.69, 9.17) is 9.47 Å². The van der Waals surface area contributed by atoms with Gasteiger partial charge in [0.25, 0.3) is 0 Å². The summed E-state index contributed by atoms with van der Waals surface area (Å²) in [6.07, 6.45) is -7.02. The number of carbonyl (C=O) groups excluding carboxylic acids is 1. The minimum absolute atomic E-state index is 0.0473. The van der Waals surface area contributed by atoms with Gasteiger partial charge in [-0.25, -0.2) is 9.78 Å². The molecule has 0 saturated heterocycles. The van der Waals surface area contributed by atoms with Crippen molar-refractivity contribution in [1.82, 2.24) is 9.55 Å². The summed E-state index contributed by atoms with van der Waals surface area (Å²) in [6.45, 7) is 4.78. The summed E-state index contributed by atoms with van der Waals surface area (Å²) < 4.78 is 92.3. The van der Waals surface area contributed by atoms with Crippen LogP contribution in [0.2, 0.25) is 0 Å². The van der Waals surface area contributed by atoms with Crippen LogP contribution in [0.5, 0.6) is 11.5 Å². The molecule has 0 radical (unpaired) electrons. The van der Waals surface area contributed by atoms with Crippen molar-refractivity contribution in [3.63, 3.8) is 0 Å². The van der Waals surface area contributed by atoms with Gasteiger partial charge in [-0.15, -0.1) is 13.2 Å². The van der Waals surface area contributed by atoms with Crippen LogP contribution in [0.15, 0.2) is 36.4 Å². The Balaban J connectivity index is 1.82. The molecule has 1 N–H and O–H groups in total. The third-order valence-corrected chi connectivity index (χ3v) is 6.66. The predicted molar refractivity (Wildman–Crippen MR) is 135 cm³/mol. The van der Waals surface area contributed by atoms with E-state index in [1.165, 1.54) is 24.3 Å². The van der Waals surface area contributed by atoms with Crippen molar-refractivity contribution in [2.24, 2.45) is 11.3 Å². The molecular weight excluding hydrogens is 544 g/mol. The molecule has 4 rings (SSSR count). The molecule has 3 aromatic rings. The number of anilines is 2. The first-order chi connectivity index (χ1) is 18.5. The Morgan fingerprint density at radius 1 is 1.10 bits per heavy atom. The van der Waals surface area contributed by atoms with E-state index >= 15 is 0 Å². The normalized spacial score (nSPS) is 19.4. The highest BCUT2D eigenvalue weighted by Gasteiger charge is 2.36. The second-order valence-electron chi connectivity index (χ2n) is 10.8. The van der Waals surface area contributed by atoms with Gasteiger partial charge in [0.05, 0.1) is 18.1 Å². The summed E-state index contributed by atoms with van der Waals surface area (Å²) in [6, 6.07) is 7.59. The molecule has 218 valence electrons. The Labute approximate surface area is 226 Å². The highest BCUT2D eigenvalue weighted by Crippen LogP contribution is 2.46. The van der Waals surface area contributed by atoms with E-state index in [0.29, 0.717) is 28.6 Å². The van der Waals surface area contributed by atoms with Gasteiger partial charge in [-0.1, -0.05) is 20.8 Å². The van der Waals surface area contributed by atoms with Crippen LogP contribution >= 0.6 is 0 Å². The van der Waals surface area contributed by atoms with Crippen molar-refractivity contribution < 1.29 is 45.3 Å². The number of halogens is 6. The lowest BCUT2D eigenvalue weighted by Crippen LogP contribution is -2.29. The first-order valence-electron chi connectivity index (χ1n) is 12.5. The monoisotopic (exact) mass is 573 g/mol. The third kappa shape index (κ3) is 7.11. The van der Waals surface area contributed by atoms with Crippen molar-refractivity contribution in [2.75, 3.05) is 19.0 Å². The molecular formula is C27H29F6N3O4. The van der Waals surface area contributed by atoms with Gasteiger partial charge in [-0.2, -0.15) is 13.2 Å². The number of fused-ring (bicyclic) bond motifs is 1.